The lowest BCUT2D eigenvalue weighted by Crippen LogP contribution is -2.07. The highest BCUT2D eigenvalue weighted by atomic mass is 79.9. The lowest BCUT2D eigenvalue weighted by molar-refractivity contribution is -0.139. The minimum atomic E-state index is -0.328. The van der Waals surface area contributed by atoms with Crippen molar-refractivity contribution in [1.82, 2.24) is 0 Å². The predicted octanol–water partition coefficient (Wildman–Crippen LogP) is 2.73. The largest absolute Gasteiger partial charge is 0.469 e. The van der Waals surface area contributed by atoms with E-state index < -0.39 is 0 Å². The molecule has 0 N–H and O–H groups in total. The Hall–Kier alpha value is -1.34. The summed E-state index contributed by atoms with van der Waals surface area (Å²) in [6.07, 6.45) is 1.01. The first-order valence-corrected chi connectivity index (χ1v) is 6.45. The Kier molecular flexibility index (Phi) is 5.17. The van der Waals surface area contributed by atoms with Gasteiger partial charge in [0.25, 0.3) is 0 Å². The Labute approximate surface area is 110 Å². The van der Waals surface area contributed by atoms with Gasteiger partial charge in [0.05, 0.1) is 25.2 Å². The summed E-state index contributed by atoms with van der Waals surface area (Å²) in [6, 6.07) is 5.89. The van der Waals surface area contributed by atoms with Crippen LogP contribution in [0.15, 0.2) is 12.1 Å². The standard InChI is InChI=1S/C13H14BrNO2/c1-3-9-4-12(8-15)10(5-11(9)7-14)6-13(16)17-2/h4-5H,3,6-7H2,1-2H3. The fourth-order valence-corrected chi connectivity index (χ4v) is 2.19. The van der Waals surface area contributed by atoms with Crippen LogP contribution >= 0.6 is 15.9 Å². The first-order chi connectivity index (χ1) is 8.15. The second-order valence-electron chi connectivity index (χ2n) is 3.63. The highest BCUT2D eigenvalue weighted by Crippen LogP contribution is 2.20. The number of methoxy groups -OCH3 is 1. The zero-order chi connectivity index (χ0) is 12.8. The molecule has 90 valence electrons. The molecule has 0 aliphatic rings. The molecule has 0 unspecified atom stereocenters. The molecule has 0 saturated heterocycles. The number of aryl methyl sites for hydroxylation is 1. The lowest BCUT2D eigenvalue weighted by atomic mass is 9.96. The zero-order valence-electron chi connectivity index (χ0n) is 9.92. The molecule has 1 aromatic rings. The van der Waals surface area contributed by atoms with E-state index >= 15 is 0 Å². The van der Waals surface area contributed by atoms with E-state index in [1.807, 2.05) is 19.1 Å². The summed E-state index contributed by atoms with van der Waals surface area (Å²) in [5, 5.41) is 9.79. The Bertz CT molecular complexity index is 463. The predicted molar refractivity (Wildman–Crippen MR) is 68.9 cm³/mol. The molecule has 1 aromatic carbocycles. The Morgan fingerprint density at radius 1 is 1.41 bits per heavy atom. The second kappa shape index (κ2) is 6.41. The van der Waals surface area contributed by atoms with Gasteiger partial charge < -0.3 is 4.74 Å². The van der Waals surface area contributed by atoms with Gasteiger partial charge in [0.2, 0.25) is 0 Å². The number of nitriles is 1. The minimum Gasteiger partial charge on any atom is -0.469 e. The molecular weight excluding hydrogens is 282 g/mol. The second-order valence-corrected chi connectivity index (χ2v) is 4.19. The third-order valence-corrected chi connectivity index (χ3v) is 3.24. The molecule has 0 atom stereocenters. The number of benzene rings is 1. The van der Waals surface area contributed by atoms with Crippen LogP contribution in [0.5, 0.6) is 0 Å². The Morgan fingerprint density at radius 2 is 2.12 bits per heavy atom. The van der Waals surface area contributed by atoms with Gasteiger partial charge in [-0.15, -0.1) is 0 Å². The minimum absolute atomic E-state index is 0.142. The van der Waals surface area contributed by atoms with Gasteiger partial charge in [-0.1, -0.05) is 28.9 Å². The quantitative estimate of drug-likeness (QED) is 0.634. The fraction of sp³-hybridized carbons (Fsp3) is 0.385. The van der Waals surface area contributed by atoms with E-state index in [0.29, 0.717) is 5.56 Å². The molecule has 1 rings (SSSR count). The summed E-state index contributed by atoms with van der Waals surface area (Å²) in [5.41, 5.74) is 3.53. The maximum atomic E-state index is 11.3. The third kappa shape index (κ3) is 3.31. The van der Waals surface area contributed by atoms with Gasteiger partial charge in [-0.2, -0.15) is 5.26 Å². The van der Waals surface area contributed by atoms with Crippen LogP contribution in [0, 0.1) is 11.3 Å². The molecule has 3 nitrogen and oxygen atoms in total. The molecule has 0 saturated carbocycles. The first kappa shape index (κ1) is 13.7. The number of alkyl halides is 1. The molecule has 0 amide bonds. The number of hydrogen-bond acceptors (Lipinski definition) is 3. The van der Waals surface area contributed by atoms with Gasteiger partial charge in [0.15, 0.2) is 0 Å². The van der Waals surface area contributed by atoms with Gasteiger partial charge in [0.1, 0.15) is 0 Å². The first-order valence-electron chi connectivity index (χ1n) is 5.33. The van der Waals surface area contributed by atoms with Crippen molar-refractivity contribution in [1.29, 1.82) is 5.26 Å². The van der Waals surface area contributed by atoms with Crippen LogP contribution in [0.25, 0.3) is 0 Å². The number of nitrogens with zero attached hydrogens (tertiary/aromatic N) is 1. The van der Waals surface area contributed by atoms with Crippen LogP contribution in [-0.4, -0.2) is 13.1 Å². The molecule has 0 bridgehead atoms. The number of halogens is 1. The molecule has 17 heavy (non-hydrogen) atoms. The molecule has 0 aromatic heterocycles. The molecule has 0 aliphatic carbocycles. The average Bonchev–Trinajstić information content (AvgIpc) is 2.37. The highest BCUT2D eigenvalue weighted by Gasteiger charge is 2.11. The van der Waals surface area contributed by atoms with E-state index in [1.54, 1.807) is 0 Å². The molecule has 0 heterocycles. The van der Waals surface area contributed by atoms with E-state index in [2.05, 4.69) is 26.7 Å². The molecule has 0 spiro atoms. The van der Waals surface area contributed by atoms with E-state index in [-0.39, 0.29) is 12.4 Å². The van der Waals surface area contributed by atoms with Gasteiger partial charge in [0, 0.05) is 5.33 Å². The fourth-order valence-electron chi connectivity index (χ4n) is 1.67. The van der Waals surface area contributed by atoms with Crippen molar-refractivity contribution in [3.8, 4) is 6.07 Å². The third-order valence-electron chi connectivity index (χ3n) is 2.63. The number of esters is 1. The van der Waals surface area contributed by atoms with Crippen LogP contribution in [-0.2, 0) is 27.7 Å². The number of carbonyl (C=O) groups is 1. The van der Waals surface area contributed by atoms with Gasteiger partial charge >= 0.3 is 5.97 Å². The summed E-state index contributed by atoms with van der Waals surface area (Å²) in [6.45, 7) is 2.04. The summed E-state index contributed by atoms with van der Waals surface area (Å²) in [7, 11) is 1.35. The number of rotatable bonds is 4. The molecule has 0 radical (unpaired) electrons. The van der Waals surface area contributed by atoms with E-state index in [9.17, 15) is 4.79 Å². The zero-order valence-corrected chi connectivity index (χ0v) is 11.5. The van der Waals surface area contributed by atoms with E-state index in [4.69, 9.17) is 5.26 Å². The lowest BCUT2D eigenvalue weighted by Gasteiger charge is -2.10. The van der Waals surface area contributed by atoms with E-state index in [0.717, 1.165) is 28.4 Å². The van der Waals surface area contributed by atoms with Crippen molar-refractivity contribution >= 4 is 21.9 Å². The normalized spacial score (nSPS) is 9.76. The maximum absolute atomic E-state index is 11.3. The van der Waals surface area contributed by atoms with Crippen LogP contribution in [0.4, 0.5) is 0 Å². The topological polar surface area (TPSA) is 50.1 Å². The smallest absolute Gasteiger partial charge is 0.310 e. The van der Waals surface area contributed by atoms with Crippen molar-refractivity contribution in [2.24, 2.45) is 0 Å². The van der Waals surface area contributed by atoms with Crippen molar-refractivity contribution in [3.63, 3.8) is 0 Å². The summed E-state index contributed by atoms with van der Waals surface area (Å²) in [4.78, 5) is 11.3. The molecular formula is C13H14BrNO2. The highest BCUT2D eigenvalue weighted by molar-refractivity contribution is 9.08. The molecule has 0 aliphatic heterocycles. The monoisotopic (exact) mass is 295 g/mol. The van der Waals surface area contributed by atoms with Crippen LogP contribution in [0.2, 0.25) is 0 Å². The Morgan fingerprint density at radius 3 is 2.59 bits per heavy atom. The van der Waals surface area contributed by atoms with E-state index in [1.165, 1.54) is 7.11 Å². The van der Waals surface area contributed by atoms with Crippen molar-refractivity contribution in [3.05, 3.63) is 34.4 Å². The van der Waals surface area contributed by atoms with Gasteiger partial charge in [-0.25, -0.2) is 0 Å². The summed E-state index contributed by atoms with van der Waals surface area (Å²) >= 11 is 3.41. The number of carbonyl (C=O) groups excluding carboxylic acids is 1. The van der Waals surface area contributed by atoms with Crippen LogP contribution in [0.3, 0.4) is 0 Å². The van der Waals surface area contributed by atoms with Crippen LogP contribution in [0.1, 0.15) is 29.2 Å². The van der Waals surface area contributed by atoms with Crippen molar-refractivity contribution < 1.29 is 9.53 Å². The Balaban J connectivity index is 3.20. The number of ether oxygens (including phenoxy) is 1. The number of hydrogen-bond donors (Lipinski definition) is 0. The van der Waals surface area contributed by atoms with Gasteiger partial charge in [-0.05, 0) is 29.2 Å². The average molecular weight is 296 g/mol. The van der Waals surface area contributed by atoms with Crippen LogP contribution < -0.4 is 0 Å². The van der Waals surface area contributed by atoms with Gasteiger partial charge in [-0.3, -0.25) is 4.79 Å². The van der Waals surface area contributed by atoms with Crippen molar-refractivity contribution in [2.75, 3.05) is 7.11 Å². The van der Waals surface area contributed by atoms with Crippen molar-refractivity contribution in [2.45, 2.75) is 25.1 Å². The SMILES string of the molecule is CCc1cc(C#N)c(CC(=O)OC)cc1CBr. The summed E-state index contributed by atoms with van der Waals surface area (Å²) in [5.74, 6) is -0.328. The maximum Gasteiger partial charge on any atom is 0.310 e. The molecule has 0 fully saturated rings. The molecule has 4 heteroatoms. The summed E-state index contributed by atoms with van der Waals surface area (Å²) < 4.78 is 4.62.